The van der Waals surface area contributed by atoms with Crippen molar-refractivity contribution in [3.8, 4) is 6.07 Å². The van der Waals surface area contributed by atoms with Crippen LogP contribution in [0.25, 0.3) is 0 Å². The topological polar surface area (TPSA) is 86.5 Å². The highest BCUT2D eigenvalue weighted by molar-refractivity contribution is 5.88. The number of rotatable bonds is 4. The minimum absolute atomic E-state index is 0.235. The molecule has 1 aromatic heterocycles. The Balaban J connectivity index is 2.30. The molecule has 0 amide bonds. The highest BCUT2D eigenvalue weighted by Gasteiger charge is 2.22. The summed E-state index contributed by atoms with van der Waals surface area (Å²) in [6.07, 6.45) is 1.15. The van der Waals surface area contributed by atoms with Gasteiger partial charge in [-0.05, 0) is 18.6 Å². The van der Waals surface area contributed by atoms with E-state index < -0.39 is 12.1 Å². The number of anilines is 1. The number of hydrogen-bond donors (Lipinski definition) is 1. The van der Waals surface area contributed by atoms with E-state index in [-0.39, 0.29) is 5.56 Å². The number of nitriles is 1. The average molecular weight is 275 g/mol. The van der Waals surface area contributed by atoms with E-state index in [1.807, 2.05) is 11.8 Å². The standard InChI is InChI=1S/C14H17N3O3/c1-2-3-11-6-10(14(18)19)7-13(16-11)17-4-5-20-12(8-15)9-17/h6-7,12H,2-5,9H2,1H3,(H,18,19). The number of aromatic carboxylic acids is 1. The van der Waals surface area contributed by atoms with E-state index >= 15 is 0 Å². The summed E-state index contributed by atoms with van der Waals surface area (Å²) in [4.78, 5) is 17.6. The molecule has 1 saturated heterocycles. The molecule has 6 heteroatoms. The van der Waals surface area contributed by atoms with Crippen LogP contribution in [0.3, 0.4) is 0 Å². The first-order valence-corrected chi connectivity index (χ1v) is 6.64. The van der Waals surface area contributed by atoms with Crippen LogP contribution < -0.4 is 4.90 Å². The lowest BCUT2D eigenvalue weighted by molar-refractivity contribution is 0.0696. The third kappa shape index (κ3) is 3.25. The van der Waals surface area contributed by atoms with Crippen LogP contribution in [0.2, 0.25) is 0 Å². The lowest BCUT2D eigenvalue weighted by Crippen LogP contribution is -2.42. The van der Waals surface area contributed by atoms with Crippen molar-refractivity contribution in [2.45, 2.75) is 25.9 Å². The van der Waals surface area contributed by atoms with Crippen LogP contribution in [-0.4, -0.2) is 41.9 Å². The number of carboxylic acids is 1. The maximum Gasteiger partial charge on any atom is 0.335 e. The number of hydrogen-bond acceptors (Lipinski definition) is 5. The van der Waals surface area contributed by atoms with Gasteiger partial charge in [-0.2, -0.15) is 5.26 Å². The van der Waals surface area contributed by atoms with E-state index in [1.165, 1.54) is 0 Å². The van der Waals surface area contributed by atoms with Gasteiger partial charge in [0.2, 0.25) is 0 Å². The summed E-state index contributed by atoms with van der Waals surface area (Å²) in [6.45, 7) is 3.49. The van der Waals surface area contributed by atoms with Crippen LogP contribution in [-0.2, 0) is 11.2 Å². The molecule has 1 atom stereocenters. The molecule has 2 heterocycles. The summed E-state index contributed by atoms with van der Waals surface area (Å²) < 4.78 is 5.29. The van der Waals surface area contributed by atoms with Gasteiger partial charge in [0.25, 0.3) is 0 Å². The molecule has 0 saturated carbocycles. The van der Waals surface area contributed by atoms with E-state index in [1.54, 1.807) is 12.1 Å². The number of aryl methyl sites for hydroxylation is 1. The van der Waals surface area contributed by atoms with Crippen LogP contribution in [0.4, 0.5) is 5.82 Å². The number of carboxylic acid groups (broad SMARTS) is 1. The predicted octanol–water partition coefficient (Wildman–Crippen LogP) is 1.46. The lowest BCUT2D eigenvalue weighted by Gasteiger charge is -2.31. The van der Waals surface area contributed by atoms with Crippen LogP contribution in [0.5, 0.6) is 0 Å². The van der Waals surface area contributed by atoms with Gasteiger partial charge in [-0.25, -0.2) is 9.78 Å². The third-order valence-corrected chi connectivity index (χ3v) is 3.15. The molecule has 2 rings (SSSR count). The number of aromatic nitrogens is 1. The quantitative estimate of drug-likeness (QED) is 0.895. The zero-order chi connectivity index (χ0) is 14.5. The fourth-order valence-corrected chi connectivity index (χ4v) is 2.18. The SMILES string of the molecule is CCCc1cc(C(=O)O)cc(N2CCOC(C#N)C2)n1. The van der Waals surface area contributed by atoms with Gasteiger partial charge in [-0.15, -0.1) is 0 Å². The molecule has 1 unspecified atom stereocenters. The minimum atomic E-state index is -0.962. The van der Waals surface area contributed by atoms with Crippen molar-refractivity contribution in [1.82, 2.24) is 4.98 Å². The van der Waals surface area contributed by atoms with Gasteiger partial charge in [-0.1, -0.05) is 13.3 Å². The van der Waals surface area contributed by atoms with Gasteiger partial charge in [0, 0.05) is 12.2 Å². The Kier molecular flexibility index (Phi) is 4.53. The summed E-state index contributed by atoms with van der Waals surface area (Å²) in [5.74, 6) is -0.354. The Morgan fingerprint density at radius 2 is 2.45 bits per heavy atom. The molecule has 1 aliphatic rings. The molecule has 6 nitrogen and oxygen atoms in total. The highest BCUT2D eigenvalue weighted by Crippen LogP contribution is 2.19. The molecule has 0 bridgehead atoms. The van der Waals surface area contributed by atoms with Crippen molar-refractivity contribution in [3.63, 3.8) is 0 Å². The van der Waals surface area contributed by atoms with Gasteiger partial charge in [0.1, 0.15) is 5.82 Å². The van der Waals surface area contributed by atoms with Crippen molar-refractivity contribution in [2.75, 3.05) is 24.6 Å². The van der Waals surface area contributed by atoms with Crippen molar-refractivity contribution < 1.29 is 14.6 Å². The summed E-state index contributed by atoms with van der Waals surface area (Å²) in [5.41, 5.74) is 1.00. The second-order valence-corrected chi connectivity index (χ2v) is 4.70. The van der Waals surface area contributed by atoms with Gasteiger partial charge in [-0.3, -0.25) is 0 Å². The van der Waals surface area contributed by atoms with Gasteiger partial charge < -0.3 is 14.7 Å². The van der Waals surface area contributed by atoms with Crippen LogP contribution in [0, 0.1) is 11.3 Å². The maximum absolute atomic E-state index is 11.2. The van der Waals surface area contributed by atoms with E-state index in [2.05, 4.69) is 11.1 Å². The number of pyridine rings is 1. The lowest BCUT2D eigenvalue weighted by atomic mass is 10.1. The molecule has 0 radical (unpaired) electrons. The molecule has 0 spiro atoms. The largest absolute Gasteiger partial charge is 0.478 e. The molecule has 1 fully saturated rings. The third-order valence-electron chi connectivity index (χ3n) is 3.15. The Morgan fingerprint density at radius 1 is 1.65 bits per heavy atom. The second-order valence-electron chi connectivity index (χ2n) is 4.70. The van der Waals surface area contributed by atoms with Crippen LogP contribution >= 0.6 is 0 Å². The van der Waals surface area contributed by atoms with Crippen molar-refractivity contribution in [2.24, 2.45) is 0 Å². The Hall–Kier alpha value is -2.13. The number of ether oxygens (including phenoxy) is 1. The highest BCUT2D eigenvalue weighted by atomic mass is 16.5. The second kappa shape index (κ2) is 6.35. The molecule has 1 aromatic rings. The molecule has 1 N–H and O–H groups in total. The van der Waals surface area contributed by atoms with Crippen molar-refractivity contribution in [1.29, 1.82) is 5.26 Å². The van der Waals surface area contributed by atoms with Gasteiger partial charge in [0.15, 0.2) is 6.10 Å². The van der Waals surface area contributed by atoms with E-state index in [9.17, 15) is 9.90 Å². The molecule has 0 aromatic carbocycles. The Bertz CT molecular complexity index is 539. The monoisotopic (exact) mass is 275 g/mol. The number of nitrogens with zero attached hydrogens (tertiary/aromatic N) is 3. The number of carbonyl (C=O) groups is 1. The van der Waals surface area contributed by atoms with Crippen LogP contribution in [0.15, 0.2) is 12.1 Å². The van der Waals surface area contributed by atoms with E-state index in [0.29, 0.717) is 25.5 Å². The van der Waals surface area contributed by atoms with Crippen molar-refractivity contribution >= 4 is 11.8 Å². The normalized spacial score (nSPS) is 18.6. The smallest absolute Gasteiger partial charge is 0.335 e. The molecule has 1 aliphatic heterocycles. The van der Waals surface area contributed by atoms with E-state index in [4.69, 9.17) is 10.00 Å². The zero-order valence-electron chi connectivity index (χ0n) is 11.4. The fraction of sp³-hybridized carbons (Fsp3) is 0.500. The average Bonchev–Trinajstić information content (AvgIpc) is 2.47. The summed E-state index contributed by atoms with van der Waals surface area (Å²) in [6, 6.07) is 5.24. The molecule has 0 aliphatic carbocycles. The first-order chi connectivity index (χ1) is 9.63. The predicted molar refractivity (Wildman–Crippen MR) is 72.8 cm³/mol. The van der Waals surface area contributed by atoms with E-state index in [0.717, 1.165) is 18.5 Å². The molecule has 106 valence electrons. The first kappa shape index (κ1) is 14.3. The fourth-order valence-electron chi connectivity index (χ4n) is 2.18. The summed E-state index contributed by atoms with van der Waals surface area (Å²) in [7, 11) is 0. The maximum atomic E-state index is 11.2. The Labute approximate surface area is 117 Å². The molecular weight excluding hydrogens is 258 g/mol. The molecule has 20 heavy (non-hydrogen) atoms. The first-order valence-electron chi connectivity index (χ1n) is 6.64. The Morgan fingerprint density at radius 3 is 3.10 bits per heavy atom. The van der Waals surface area contributed by atoms with Gasteiger partial charge in [0.05, 0.1) is 24.8 Å². The van der Waals surface area contributed by atoms with Gasteiger partial charge >= 0.3 is 5.97 Å². The van der Waals surface area contributed by atoms with Crippen molar-refractivity contribution in [3.05, 3.63) is 23.4 Å². The number of morpholine rings is 1. The van der Waals surface area contributed by atoms with Crippen LogP contribution in [0.1, 0.15) is 29.4 Å². The molecular formula is C14H17N3O3. The summed E-state index contributed by atoms with van der Waals surface area (Å²) >= 11 is 0. The summed E-state index contributed by atoms with van der Waals surface area (Å²) in [5, 5.41) is 18.1. The zero-order valence-corrected chi connectivity index (χ0v) is 11.4. The minimum Gasteiger partial charge on any atom is -0.478 e.